The molecule has 2 fully saturated rings. The first kappa shape index (κ1) is 33.0. The molecular weight excluding hydrogens is 525 g/mol. The molecule has 0 radical (unpaired) electrons. The van der Waals surface area contributed by atoms with E-state index in [9.17, 15) is 5.11 Å². The number of thiol groups is 1. The minimum Gasteiger partial charge on any atom is -0.506 e. The Balaban J connectivity index is 0.000000335. The van der Waals surface area contributed by atoms with E-state index in [-0.39, 0.29) is 31.2 Å². The molecule has 0 saturated heterocycles. The van der Waals surface area contributed by atoms with Gasteiger partial charge in [-0.2, -0.15) is 0 Å². The second-order valence-corrected chi connectivity index (χ2v) is 17.1. The van der Waals surface area contributed by atoms with Crippen molar-refractivity contribution in [3.8, 4) is 5.75 Å². The van der Waals surface area contributed by atoms with Crippen molar-refractivity contribution in [2.24, 2.45) is 35.5 Å². The van der Waals surface area contributed by atoms with Crippen molar-refractivity contribution in [3.63, 3.8) is 0 Å². The van der Waals surface area contributed by atoms with Crippen LogP contribution in [0.1, 0.15) is 96.9 Å². The van der Waals surface area contributed by atoms with Gasteiger partial charge in [0.2, 0.25) is 5.69 Å². The van der Waals surface area contributed by atoms with Crippen molar-refractivity contribution in [1.29, 1.82) is 0 Å². The van der Waals surface area contributed by atoms with Crippen molar-refractivity contribution in [2.75, 3.05) is 0 Å². The molecule has 214 valence electrons. The van der Waals surface area contributed by atoms with Gasteiger partial charge in [-0.1, -0.05) is 66.6 Å². The van der Waals surface area contributed by atoms with E-state index in [1.54, 1.807) is 6.92 Å². The highest BCUT2D eigenvalue weighted by Gasteiger charge is 2.38. The lowest BCUT2D eigenvalue weighted by Gasteiger charge is -2.42. The number of hydrogen-bond acceptors (Lipinski definition) is 7. The molecule has 0 bridgehead atoms. The summed E-state index contributed by atoms with van der Waals surface area (Å²) in [7, 11) is 0. The van der Waals surface area contributed by atoms with Crippen molar-refractivity contribution in [2.45, 2.75) is 112 Å². The Bertz CT molecular complexity index is 862. The highest BCUT2D eigenvalue weighted by molar-refractivity contribution is 8.60. The molecule has 1 aromatic heterocycles. The van der Waals surface area contributed by atoms with E-state index < -0.39 is 5.69 Å². The lowest BCUT2D eigenvalue weighted by Crippen LogP contribution is -2.35. The van der Waals surface area contributed by atoms with E-state index >= 15 is 0 Å². The summed E-state index contributed by atoms with van der Waals surface area (Å²) >= 11 is 10.6. The van der Waals surface area contributed by atoms with E-state index in [0.29, 0.717) is 52.3 Å². The van der Waals surface area contributed by atoms with Crippen LogP contribution in [0.2, 0.25) is 0 Å². The first-order valence-corrected chi connectivity index (χ1v) is 17.7. The second kappa shape index (κ2) is 15.0. The summed E-state index contributed by atoms with van der Waals surface area (Å²) in [5, 5.41) is 27.0. The Morgan fingerprint density at radius 1 is 0.946 bits per heavy atom. The zero-order chi connectivity index (χ0) is 27.9. The molecular formula is C28H50NO5PS2. The first-order chi connectivity index (χ1) is 17.3. The van der Waals surface area contributed by atoms with Gasteiger partial charge in [0.05, 0.1) is 31.1 Å². The molecule has 2 saturated carbocycles. The van der Waals surface area contributed by atoms with Crippen molar-refractivity contribution >= 4 is 29.7 Å². The second-order valence-electron chi connectivity index (χ2n) is 11.9. The van der Waals surface area contributed by atoms with E-state index in [0.717, 1.165) is 12.8 Å². The molecule has 6 atom stereocenters. The van der Waals surface area contributed by atoms with E-state index in [2.05, 4.69) is 46.5 Å². The highest BCUT2D eigenvalue weighted by atomic mass is 32.9. The predicted octanol–water partition coefficient (Wildman–Crippen LogP) is 7.18. The van der Waals surface area contributed by atoms with Gasteiger partial charge < -0.3 is 24.4 Å². The zero-order valence-corrected chi connectivity index (χ0v) is 26.4. The number of aliphatic hydroxyl groups is 2. The van der Waals surface area contributed by atoms with Gasteiger partial charge in [0.15, 0.2) is 0 Å². The van der Waals surface area contributed by atoms with Crippen LogP contribution in [-0.4, -0.2) is 32.5 Å². The average Bonchev–Trinajstić information content (AvgIpc) is 2.80. The Morgan fingerprint density at radius 2 is 1.41 bits per heavy atom. The summed E-state index contributed by atoms with van der Waals surface area (Å²) in [6.45, 7) is 15.0. The van der Waals surface area contributed by atoms with Gasteiger partial charge in [-0.25, -0.2) is 0 Å². The first-order valence-electron chi connectivity index (χ1n) is 13.9. The summed E-state index contributed by atoms with van der Waals surface area (Å²) in [4.78, 5) is 3.84. The Labute approximate surface area is 235 Å². The SMILES string of the molecule is CC(C)[C@H]1CC[C@H](C)C[C@@H]1OP(=S)(S)O[C@H]1C[C@@H](C)CC[C@@H]1C(C)C.Cc1ncc(CO)c(CO)c1O. The molecule has 1 aromatic rings. The maximum Gasteiger partial charge on any atom is 0.244 e. The molecule has 37 heavy (non-hydrogen) atoms. The number of aryl methyl sites for hydroxylation is 1. The molecule has 2 aliphatic carbocycles. The van der Waals surface area contributed by atoms with Crippen LogP contribution in [0.5, 0.6) is 5.75 Å². The molecule has 2 aliphatic rings. The number of hydrogen-bond donors (Lipinski definition) is 4. The Morgan fingerprint density at radius 3 is 1.78 bits per heavy atom. The molecule has 3 rings (SSSR count). The third-order valence-electron chi connectivity index (χ3n) is 8.22. The van der Waals surface area contributed by atoms with Crippen LogP contribution in [0.25, 0.3) is 0 Å². The van der Waals surface area contributed by atoms with Crippen LogP contribution in [-0.2, 0) is 34.1 Å². The van der Waals surface area contributed by atoms with Gasteiger partial charge in [-0.05, 0) is 79.9 Å². The number of rotatable bonds is 8. The maximum absolute atomic E-state index is 9.38. The molecule has 0 unspecified atom stereocenters. The quantitative estimate of drug-likeness (QED) is 0.193. The highest BCUT2D eigenvalue weighted by Crippen LogP contribution is 2.59. The van der Waals surface area contributed by atoms with Crippen molar-refractivity contribution in [1.82, 2.24) is 4.98 Å². The summed E-state index contributed by atoms with van der Waals surface area (Å²) in [5.74, 6) is 3.80. The largest absolute Gasteiger partial charge is 0.506 e. The minimum atomic E-state index is -2.51. The van der Waals surface area contributed by atoms with Gasteiger partial charge >= 0.3 is 0 Å². The minimum absolute atomic E-state index is 0.0379. The van der Waals surface area contributed by atoms with E-state index in [1.807, 2.05) is 0 Å². The predicted molar refractivity (Wildman–Crippen MR) is 158 cm³/mol. The smallest absolute Gasteiger partial charge is 0.244 e. The fourth-order valence-corrected chi connectivity index (χ4v) is 8.44. The summed E-state index contributed by atoms with van der Waals surface area (Å²) < 4.78 is 12.9. The van der Waals surface area contributed by atoms with Crippen LogP contribution < -0.4 is 0 Å². The third kappa shape index (κ3) is 9.73. The number of pyridine rings is 1. The molecule has 3 N–H and O–H groups in total. The fraction of sp³-hybridized carbons (Fsp3) is 0.821. The molecule has 0 aromatic carbocycles. The lowest BCUT2D eigenvalue weighted by molar-refractivity contribution is 0.0143. The van der Waals surface area contributed by atoms with Gasteiger partial charge in [-0.15, -0.1) is 0 Å². The summed E-state index contributed by atoms with van der Waals surface area (Å²) in [6, 6.07) is 0. The van der Waals surface area contributed by atoms with Gasteiger partial charge in [0.1, 0.15) is 5.75 Å². The average molecular weight is 576 g/mol. The number of aromatic nitrogens is 1. The molecule has 9 heteroatoms. The van der Waals surface area contributed by atoms with Crippen LogP contribution >= 0.6 is 17.9 Å². The Hall–Kier alpha value is -0.210. The van der Waals surface area contributed by atoms with Crippen molar-refractivity contribution < 1.29 is 24.4 Å². The molecule has 0 amide bonds. The van der Waals surface area contributed by atoms with Crippen molar-refractivity contribution in [3.05, 3.63) is 23.0 Å². The van der Waals surface area contributed by atoms with Crippen LogP contribution in [0.15, 0.2) is 6.20 Å². The lowest BCUT2D eigenvalue weighted by atomic mass is 9.75. The van der Waals surface area contributed by atoms with E-state index in [1.165, 1.54) is 31.9 Å². The van der Waals surface area contributed by atoms with Gasteiger partial charge in [-0.3, -0.25) is 4.98 Å². The van der Waals surface area contributed by atoms with Crippen LogP contribution in [0.3, 0.4) is 0 Å². The topological polar surface area (TPSA) is 92.0 Å². The third-order valence-corrected chi connectivity index (χ3v) is 10.4. The normalized spacial score (nSPS) is 28.8. The fourth-order valence-electron chi connectivity index (χ4n) is 5.84. The summed E-state index contributed by atoms with van der Waals surface area (Å²) in [6.07, 6.45) is 9.14. The van der Waals surface area contributed by atoms with Crippen LogP contribution in [0.4, 0.5) is 0 Å². The van der Waals surface area contributed by atoms with Gasteiger partial charge in [0.25, 0.3) is 0 Å². The number of aromatic hydroxyl groups is 1. The Kier molecular flexibility index (Phi) is 13.4. The molecule has 6 nitrogen and oxygen atoms in total. The number of nitrogens with zero attached hydrogens (tertiary/aromatic N) is 1. The monoisotopic (exact) mass is 575 g/mol. The molecule has 0 spiro atoms. The molecule has 1 heterocycles. The number of aliphatic hydroxyl groups excluding tert-OH is 2. The molecule has 0 aliphatic heterocycles. The van der Waals surface area contributed by atoms with Crippen LogP contribution in [0, 0.1) is 42.4 Å². The van der Waals surface area contributed by atoms with Gasteiger partial charge in [0, 0.05) is 17.3 Å². The zero-order valence-electron chi connectivity index (χ0n) is 23.8. The van der Waals surface area contributed by atoms with E-state index in [4.69, 9.17) is 43.3 Å². The maximum atomic E-state index is 9.38. The standard InChI is InChI=1S/C20H39O2PS2.C8H11NO3/c1-13(2)17-9-7-15(5)11-19(17)21-23(24,25)22-20-12-16(6)8-10-18(20)14(3)4;1-5-8(12)7(4-11)6(3-10)2-9-5/h13-20H,7-12H2,1-6H3,(H,24,25);2,10-12H,3-4H2,1H3/t15-,16-,17+,18+,19-,20-;/m0./s1. The summed E-state index contributed by atoms with van der Waals surface area (Å²) in [5.41, 5.74) is -1.24.